The highest BCUT2D eigenvalue weighted by Crippen LogP contribution is 2.41. The van der Waals surface area contributed by atoms with Crippen molar-refractivity contribution in [2.75, 3.05) is 13.2 Å². The third-order valence-corrected chi connectivity index (χ3v) is 6.01. The summed E-state index contributed by atoms with van der Waals surface area (Å²) < 4.78 is 14.1. The number of nitrogens with zero attached hydrogens (tertiary/aromatic N) is 4. The van der Waals surface area contributed by atoms with Gasteiger partial charge >= 0.3 is 0 Å². The zero-order chi connectivity index (χ0) is 19.9. The normalized spacial score (nSPS) is 17.5. The minimum atomic E-state index is 0.384. The van der Waals surface area contributed by atoms with Gasteiger partial charge in [0, 0.05) is 42.5 Å². The smallest absolute Gasteiger partial charge is 0.168 e. The maximum absolute atomic E-state index is 6.48. The van der Waals surface area contributed by atoms with E-state index in [0.29, 0.717) is 12.0 Å². The maximum atomic E-state index is 6.48. The molecule has 1 N–H and O–H groups in total. The van der Waals surface area contributed by atoms with Gasteiger partial charge in [0.05, 0.1) is 24.0 Å². The number of hydrogen-bond donors (Lipinski definition) is 1. The second-order valence-corrected chi connectivity index (χ2v) is 8.11. The molecule has 1 aliphatic carbocycles. The van der Waals surface area contributed by atoms with Crippen molar-refractivity contribution in [1.82, 2.24) is 25.0 Å². The van der Waals surface area contributed by atoms with Crippen LogP contribution >= 0.6 is 0 Å². The van der Waals surface area contributed by atoms with Crippen LogP contribution in [0.15, 0.2) is 49.1 Å². The van der Waals surface area contributed by atoms with Crippen molar-refractivity contribution in [2.24, 2.45) is 0 Å². The van der Waals surface area contributed by atoms with E-state index >= 15 is 0 Å². The van der Waals surface area contributed by atoms with Gasteiger partial charge in [0.2, 0.25) is 0 Å². The number of aromatic nitrogens is 5. The molecular formula is C23H23N5O2. The number of benzene rings is 1. The molecule has 6 rings (SSSR count). The topological polar surface area (TPSA) is 77.9 Å². The Hall–Kier alpha value is -3.19. The first kappa shape index (κ1) is 17.7. The van der Waals surface area contributed by atoms with Gasteiger partial charge in [0.15, 0.2) is 5.75 Å². The highest BCUT2D eigenvalue weighted by atomic mass is 16.5. The second-order valence-electron chi connectivity index (χ2n) is 8.11. The molecule has 0 spiro atoms. The summed E-state index contributed by atoms with van der Waals surface area (Å²) in [6.07, 6.45) is 12.0. The summed E-state index contributed by atoms with van der Waals surface area (Å²) in [5.74, 6) is 2.05. The summed E-state index contributed by atoms with van der Waals surface area (Å²) in [5.41, 5.74) is 4.07. The maximum Gasteiger partial charge on any atom is 0.168 e. The van der Waals surface area contributed by atoms with Gasteiger partial charge in [-0.25, -0.2) is 0 Å². The van der Waals surface area contributed by atoms with E-state index in [-0.39, 0.29) is 0 Å². The molecular weight excluding hydrogens is 378 g/mol. The van der Waals surface area contributed by atoms with Crippen molar-refractivity contribution in [2.45, 2.75) is 37.6 Å². The fourth-order valence-electron chi connectivity index (χ4n) is 4.17. The van der Waals surface area contributed by atoms with Crippen molar-refractivity contribution in [3.63, 3.8) is 0 Å². The Balaban J connectivity index is 1.37. The Morgan fingerprint density at radius 2 is 1.93 bits per heavy atom. The van der Waals surface area contributed by atoms with Crippen molar-refractivity contribution in [1.29, 1.82) is 0 Å². The van der Waals surface area contributed by atoms with E-state index in [4.69, 9.17) is 14.6 Å². The quantitative estimate of drug-likeness (QED) is 0.518. The van der Waals surface area contributed by atoms with E-state index in [1.165, 1.54) is 12.8 Å². The molecule has 4 heterocycles. The molecule has 7 nitrogen and oxygen atoms in total. The number of aromatic amines is 1. The summed E-state index contributed by atoms with van der Waals surface area (Å²) in [5, 5.41) is 12.8. The number of fused-ring (bicyclic) bond motifs is 1. The van der Waals surface area contributed by atoms with Gasteiger partial charge in [-0.3, -0.25) is 14.8 Å². The molecule has 0 atom stereocenters. The van der Waals surface area contributed by atoms with Crippen LogP contribution in [0.2, 0.25) is 0 Å². The van der Waals surface area contributed by atoms with E-state index in [2.05, 4.69) is 44.3 Å². The zero-order valence-electron chi connectivity index (χ0n) is 16.6. The SMILES string of the molecule is c1cc(Oc2cn(C3CC3)nc2C2CCOCC2)c2ccc(-c3cn[nH]c3)cc2n1. The van der Waals surface area contributed by atoms with Crippen molar-refractivity contribution in [3.05, 3.63) is 54.7 Å². The fourth-order valence-corrected chi connectivity index (χ4v) is 4.17. The van der Waals surface area contributed by atoms with Crippen LogP contribution in [0.1, 0.15) is 43.3 Å². The van der Waals surface area contributed by atoms with Crippen LogP contribution in [0.3, 0.4) is 0 Å². The Bertz CT molecular complexity index is 1170. The number of rotatable bonds is 5. The summed E-state index contributed by atoms with van der Waals surface area (Å²) in [6, 6.07) is 8.67. The number of ether oxygens (including phenoxy) is 2. The monoisotopic (exact) mass is 401 g/mol. The lowest BCUT2D eigenvalue weighted by molar-refractivity contribution is 0.0839. The van der Waals surface area contributed by atoms with Gasteiger partial charge in [-0.1, -0.05) is 6.07 Å². The first-order valence-electron chi connectivity index (χ1n) is 10.6. The van der Waals surface area contributed by atoms with Crippen LogP contribution in [0.25, 0.3) is 22.0 Å². The van der Waals surface area contributed by atoms with E-state index < -0.39 is 0 Å². The van der Waals surface area contributed by atoms with E-state index in [0.717, 1.165) is 65.3 Å². The molecule has 1 aliphatic heterocycles. The van der Waals surface area contributed by atoms with Crippen LogP contribution in [-0.2, 0) is 4.74 Å². The molecule has 1 saturated heterocycles. The summed E-state index contributed by atoms with van der Waals surface area (Å²) >= 11 is 0. The zero-order valence-corrected chi connectivity index (χ0v) is 16.6. The molecule has 4 aromatic rings. The summed E-state index contributed by atoms with van der Waals surface area (Å²) in [6.45, 7) is 1.57. The first-order chi connectivity index (χ1) is 14.8. The average molecular weight is 401 g/mol. The molecule has 7 heteroatoms. The van der Waals surface area contributed by atoms with Crippen molar-refractivity contribution in [3.8, 4) is 22.6 Å². The number of hydrogen-bond acceptors (Lipinski definition) is 5. The van der Waals surface area contributed by atoms with Crippen LogP contribution < -0.4 is 4.74 Å². The Labute approximate surface area is 174 Å². The Kier molecular flexibility index (Phi) is 4.27. The molecule has 2 aliphatic rings. The highest BCUT2D eigenvalue weighted by Gasteiger charge is 2.30. The number of nitrogens with one attached hydrogen (secondary N) is 1. The molecule has 3 aromatic heterocycles. The summed E-state index contributed by atoms with van der Waals surface area (Å²) in [7, 11) is 0. The molecule has 152 valence electrons. The number of pyridine rings is 1. The minimum absolute atomic E-state index is 0.384. The van der Waals surface area contributed by atoms with Gasteiger partial charge in [-0.05, 0) is 49.4 Å². The highest BCUT2D eigenvalue weighted by molar-refractivity contribution is 5.89. The Morgan fingerprint density at radius 1 is 1.03 bits per heavy atom. The third-order valence-electron chi connectivity index (χ3n) is 6.01. The fraction of sp³-hybridized carbons (Fsp3) is 0.348. The predicted octanol–water partition coefficient (Wildman–Crippen LogP) is 4.84. The average Bonchev–Trinajstić information content (AvgIpc) is 3.32. The van der Waals surface area contributed by atoms with Crippen LogP contribution in [0.4, 0.5) is 0 Å². The van der Waals surface area contributed by atoms with Gasteiger partial charge in [0.25, 0.3) is 0 Å². The Morgan fingerprint density at radius 3 is 2.73 bits per heavy atom. The minimum Gasteiger partial charge on any atom is -0.453 e. The van der Waals surface area contributed by atoms with E-state index in [9.17, 15) is 0 Å². The van der Waals surface area contributed by atoms with Gasteiger partial charge < -0.3 is 9.47 Å². The molecule has 1 saturated carbocycles. The van der Waals surface area contributed by atoms with Crippen molar-refractivity contribution >= 4 is 10.9 Å². The number of H-pyrrole nitrogens is 1. The largest absolute Gasteiger partial charge is 0.453 e. The molecule has 0 bridgehead atoms. The first-order valence-corrected chi connectivity index (χ1v) is 10.6. The molecule has 1 aromatic carbocycles. The third kappa shape index (κ3) is 3.25. The van der Waals surface area contributed by atoms with Crippen molar-refractivity contribution < 1.29 is 9.47 Å². The molecule has 0 radical (unpaired) electrons. The van der Waals surface area contributed by atoms with Crippen LogP contribution in [0.5, 0.6) is 11.5 Å². The van der Waals surface area contributed by atoms with E-state index in [1.54, 1.807) is 6.20 Å². The van der Waals surface area contributed by atoms with Gasteiger partial charge in [-0.2, -0.15) is 10.2 Å². The second kappa shape index (κ2) is 7.25. The lowest BCUT2D eigenvalue weighted by Crippen LogP contribution is -2.15. The molecule has 0 amide bonds. The molecule has 2 fully saturated rings. The predicted molar refractivity (Wildman–Crippen MR) is 113 cm³/mol. The van der Waals surface area contributed by atoms with Crippen LogP contribution in [-0.4, -0.2) is 38.2 Å². The summed E-state index contributed by atoms with van der Waals surface area (Å²) in [4.78, 5) is 4.56. The van der Waals surface area contributed by atoms with E-state index in [1.807, 2.05) is 18.5 Å². The standard InChI is InChI=1S/C23H23N5O2/c1-4-19-20(11-16(1)17-12-25-26-13-17)24-8-5-21(19)30-22-14-28(18-2-3-18)27-23(22)15-6-9-29-10-7-15/h1,4-5,8,11-15,18H,2-3,6-7,9-10H2,(H,25,26). The van der Waals surface area contributed by atoms with Gasteiger partial charge in [0.1, 0.15) is 11.4 Å². The lowest BCUT2D eigenvalue weighted by Gasteiger charge is -2.21. The molecule has 30 heavy (non-hydrogen) atoms. The lowest BCUT2D eigenvalue weighted by atomic mass is 9.96. The van der Waals surface area contributed by atoms with Gasteiger partial charge in [-0.15, -0.1) is 0 Å². The molecule has 0 unspecified atom stereocenters. The van der Waals surface area contributed by atoms with Crippen LogP contribution in [0, 0.1) is 0 Å².